The zero-order valence-electron chi connectivity index (χ0n) is 21.5. The molecule has 35 heavy (non-hydrogen) atoms. The number of rotatable bonds is 4. The third-order valence-electron chi connectivity index (χ3n) is 8.16. The van der Waals surface area contributed by atoms with Gasteiger partial charge < -0.3 is 4.40 Å². The standard InChI is InChI=1S/C34H33N/c1-7-13-24-18-25(20-34(5,6)8-2)32-27-16-11-12-17-28(27)35-29-19-23-14-9-10-15-26(23)21(3)30(29)22(4)31(24)33(32)35/h7,9-19H,4,8,20H2,1-3,5-6H3/b13-7-. The van der Waals surface area contributed by atoms with Gasteiger partial charge in [-0.15, -0.1) is 0 Å². The van der Waals surface area contributed by atoms with Crippen molar-refractivity contribution in [3.05, 3.63) is 88.6 Å². The molecular weight excluding hydrogens is 422 g/mol. The van der Waals surface area contributed by atoms with Crippen LogP contribution in [0, 0.1) is 12.3 Å². The first-order chi connectivity index (χ1) is 16.9. The van der Waals surface area contributed by atoms with Gasteiger partial charge in [-0.3, -0.25) is 0 Å². The Morgan fingerprint density at radius 3 is 2.34 bits per heavy atom. The largest absolute Gasteiger partial charge is 0.308 e. The van der Waals surface area contributed by atoms with E-state index in [-0.39, 0.29) is 5.41 Å². The van der Waals surface area contributed by atoms with Crippen LogP contribution in [0.3, 0.4) is 0 Å². The fourth-order valence-electron chi connectivity index (χ4n) is 6.12. The van der Waals surface area contributed by atoms with Crippen molar-refractivity contribution in [2.75, 3.05) is 0 Å². The Labute approximate surface area is 207 Å². The highest BCUT2D eigenvalue weighted by Crippen LogP contribution is 2.41. The summed E-state index contributed by atoms with van der Waals surface area (Å²) in [5, 5.41) is 9.00. The van der Waals surface area contributed by atoms with E-state index in [2.05, 4.69) is 112 Å². The predicted octanol–water partition coefficient (Wildman–Crippen LogP) is 9.00. The number of pyridine rings is 1. The maximum absolute atomic E-state index is 4.73. The summed E-state index contributed by atoms with van der Waals surface area (Å²) in [5.41, 5.74) is 8.10. The fraction of sp³-hybridized carbons (Fsp3) is 0.235. The number of aryl methyl sites for hydroxylation is 1. The lowest BCUT2D eigenvalue weighted by molar-refractivity contribution is 0.350. The average molecular weight is 456 g/mol. The minimum absolute atomic E-state index is 0.233. The number of nitrogens with zero attached hydrogens (tertiary/aromatic N) is 1. The summed E-state index contributed by atoms with van der Waals surface area (Å²) in [6.07, 6.45) is 6.63. The van der Waals surface area contributed by atoms with Crippen LogP contribution >= 0.6 is 0 Å². The van der Waals surface area contributed by atoms with Crippen LogP contribution in [0.5, 0.6) is 0 Å². The molecule has 0 aliphatic rings. The number of benzene rings is 4. The van der Waals surface area contributed by atoms with Gasteiger partial charge in [-0.1, -0.05) is 94.5 Å². The Balaban J connectivity index is 1.96. The van der Waals surface area contributed by atoms with Gasteiger partial charge in [0.1, 0.15) is 0 Å². The van der Waals surface area contributed by atoms with Gasteiger partial charge in [-0.25, -0.2) is 0 Å². The summed E-state index contributed by atoms with van der Waals surface area (Å²) in [6, 6.07) is 22.5. The third kappa shape index (κ3) is 3.07. The zero-order valence-corrected chi connectivity index (χ0v) is 21.5. The second-order valence-corrected chi connectivity index (χ2v) is 10.9. The van der Waals surface area contributed by atoms with Crippen molar-refractivity contribution in [2.45, 2.75) is 47.5 Å². The lowest BCUT2D eigenvalue weighted by Crippen LogP contribution is -2.15. The van der Waals surface area contributed by atoms with Crippen LogP contribution in [-0.4, -0.2) is 4.40 Å². The van der Waals surface area contributed by atoms with Gasteiger partial charge in [0.15, 0.2) is 0 Å². The Kier molecular flexibility index (Phi) is 4.83. The normalized spacial score (nSPS) is 12.9. The van der Waals surface area contributed by atoms with Crippen molar-refractivity contribution in [2.24, 2.45) is 5.41 Å². The smallest absolute Gasteiger partial charge is 0.0628 e. The van der Waals surface area contributed by atoms with Gasteiger partial charge in [-0.05, 0) is 70.5 Å². The van der Waals surface area contributed by atoms with Crippen molar-refractivity contribution >= 4 is 61.5 Å². The Bertz CT molecular complexity index is 1860. The van der Waals surface area contributed by atoms with E-state index in [1.807, 2.05) is 0 Å². The molecule has 0 aliphatic heterocycles. The lowest BCUT2D eigenvalue weighted by Gasteiger charge is -2.24. The second kappa shape index (κ2) is 7.71. The molecule has 4 aromatic carbocycles. The summed E-state index contributed by atoms with van der Waals surface area (Å²) < 4.78 is 2.53. The molecule has 0 saturated heterocycles. The van der Waals surface area contributed by atoms with E-state index in [0.29, 0.717) is 0 Å². The zero-order chi connectivity index (χ0) is 24.5. The van der Waals surface area contributed by atoms with Gasteiger partial charge in [0, 0.05) is 21.5 Å². The molecule has 0 unspecified atom stereocenters. The summed E-state index contributed by atoms with van der Waals surface area (Å²) in [5.74, 6) is 0. The number of para-hydroxylation sites is 1. The topological polar surface area (TPSA) is 4.41 Å². The molecule has 2 aromatic heterocycles. The van der Waals surface area contributed by atoms with Gasteiger partial charge >= 0.3 is 0 Å². The van der Waals surface area contributed by atoms with E-state index in [9.17, 15) is 0 Å². The second-order valence-electron chi connectivity index (χ2n) is 10.9. The molecule has 1 heteroatoms. The first kappa shape index (κ1) is 21.9. The monoisotopic (exact) mass is 455 g/mol. The predicted molar refractivity (Wildman–Crippen MR) is 155 cm³/mol. The minimum Gasteiger partial charge on any atom is -0.308 e. The Morgan fingerprint density at radius 1 is 0.886 bits per heavy atom. The molecule has 174 valence electrons. The number of aromatic nitrogens is 1. The van der Waals surface area contributed by atoms with Crippen molar-refractivity contribution in [1.82, 2.24) is 4.40 Å². The minimum atomic E-state index is 0.233. The van der Waals surface area contributed by atoms with E-state index in [4.69, 9.17) is 6.58 Å². The fourth-order valence-corrected chi connectivity index (χ4v) is 6.12. The molecule has 6 aromatic rings. The molecule has 1 nitrogen and oxygen atoms in total. The number of hydrogen-bond donors (Lipinski definition) is 0. The summed E-state index contributed by atoms with van der Waals surface area (Å²) in [7, 11) is 0. The van der Waals surface area contributed by atoms with Gasteiger partial charge in [-0.2, -0.15) is 0 Å². The van der Waals surface area contributed by atoms with Crippen LogP contribution in [-0.2, 0) is 6.42 Å². The molecule has 0 radical (unpaired) electrons. The van der Waals surface area contributed by atoms with Crippen LogP contribution in [0.1, 0.15) is 50.8 Å². The molecule has 0 fully saturated rings. The van der Waals surface area contributed by atoms with E-state index in [1.54, 1.807) is 0 Å². The van der Waals surface area contributed by atoms with Crippen LogP contribution in [0.25, 0.3) is 61.5 Å². The summed E-state index contributed by atoms with van der Waals surface area (Å²) in [4.78, 5) is 0. The highest BCUT2D eigenvalue weighted by molar-refractivity contribution is 6.21. The SMILES string of the molecule is C=c1c2c(C)c3ccccc3cc2n2c3ccccc3c3c(CC(C)(C)CC)cc(/C=C\C)c1c32. The summed E-state index contributed by atoms with van der Waals surface area (Å²) >= 11 is 0. The molecule has 0 amide bonds. The van der Waals surface area contributed by atoms with E-state index in [0.717, 1.165) is 18.1 Å². The lowest BCUT2D eigenvalue weighted by atomic mass is 9.81. The van der Waals surface area contributed by atoms with Crippen LogP contribution in [0.2, 0.25) is 0 Å². The first-order valence-electron chi connectivity index (χ1n) is 12.8. The Hall–Kier alpha value is -3.58. The van der Waals surface area contributed by atoms with Crippen LogP contribution in [0.4, 0.5) is 0 Å². The third-order valence-corrected chi connectivity index (χ3v) is 8.16. The molecule has 0 saturated carbocycles. The molecule has 0 spiro atoms. The van der Waals surface area contributed by atoms with Crippen molar-refractivity contribution in [1.29, 1.82) is 0 Å². The van der Waals surface area contributed by atoms with Crippen molar-refractivity contribution in [3.63, 3.8) is 0 Å². The molecule has 0 atom stereocenters. The van der Waals surface area contributed by atoms with Crippen LogP contribution in [0.15, 0.2) is 66.7 Å². The van der Waals surface area contributed by atoms with Gasteiger partial charge in [0.2, 0.25) is 0 Å². The highest BCUT2D eigenvalue weighted by atomic mass is 14.9. The quantitative estimate of drug-likeness (QED) is 0.234. The van der Waals surface area contributed by atoms with Gasteiger partial charge in [0.05, 0.1) is 16.6 Å². The Morgan fingerprint density at radius 2 is 1.60 bits per heavy atom. The molecule has 0 bridgehead atoms. The average Bonchev–Trinajstić information content (AvgIpc) is 3.19. The van der Waals surface area contributed by atoms with Crippen molar-refractivity contribution < 1.29 is 0 Å². The molecular formula is C34H33N. The molecule has 2 heterocycles. The van der Waals surface area contributed by atoms with Crippen molar-refractivity contribution in [3.8, 4) is 0 Å². The number of fused-ring (bicyclic) bond motifs is 6. The van der Waals surface area contributed by atoms with Crippen LogP contribution < -0.4 is 5.22 Å². The first-order valence-corrected chi connectivity index (χ1v) is 12.8. The maximum atomic E-state index is 4.73. The molecule has 0 N–H and O–H groups in total. The number of hydrogen-bond acceptors (Lipinski definition) is 0. The highest BCUT2D eigenvalue weighted by Gasteiger charge is 2.24. The number of allylic oxidation sites excluding steroid dienone is 1. The molecule has 6 rings (SSSR count). The van der Waals surface area contributed by atoms with E-state index in [1.165, 1.54) is 65.6 Å². The summed E-state index contributed by atoms with van der Waals surface area (Å²) in [6.45, 7) is 16.2. The van der Waals surface area contributed by atoms with E-state index >= 15 is 0 Å². The van der Waals surface area contributed by atoms with Gasteiger partial charge in [0.25, 0.3) is 0 Å². The maximum Gasteiger partial charge on any atom is 0.0628 e. The van der Waals surface area contributed by atoms with E-state index < -0.39 is 0 Å². The molecule has 0 aliphatic carbocycles.